The molecule has 0 radical (unpaired) electrons. The molecule has 0 aliphatic heterocycles. The van der Waals surface area contributed by atoms with Gasteiger partial charge >= 0.3 is 0 Å². The van der Waals surface area contributed by atoms with E-state index in [9.17, 15) is 4.39 Å². The summed E-state index contributed by atoms with van der Waals surface area (Å²) in [6.45, 7) is 3.54. The largest absolute Gasteiger partial charge is 0.357 e. The van der Waals surface area contributed by atoms with Crippen molar-refractivity contribution in [1.82, 2.24) is 20.2 Å². The van der Waals surface area contributed by atoms with E-state index >= 15 is 0 Å². The Morgan fingerprint density at radius 1 is 1.12 bits per heavy atom. The molecule has 6 heteroatoms. The second kappa shape index (κ2) is 7.79. The molecule has 0 amide bonds. The van der Waals surface area contributed by atoms with Crippen molar-refractivity contribution in [3.63, 3.8) is 0 Å². The molecule has 0 aliphatic rings. The topological polar surface area (TPSA) is 54.2 Å². The standard InChI is InChI=1S/C19H22FN5/c1-3-21-19(22-12-14-8-4-5-9-15(14)20)23-13-18-24-16-10-6-7-11-17(16)25(18)2/h4-11H,3,12-13H2,1-2H3,(H2,21,22,23). The lowest BCUT2D eigenvalue weighted by atomic mass is 10.2. The highest BCUT2D eigenvalue weighted by Gasteiger charge is 2.08. The molecule has 0 spiro atoms. The lowest BCUT2D eigenvalue weighted by molar-refractivity contribution is 0.610. The predicted octanol–water partition coefficient (Wildman–Crippen LogP) is 2.97. The summed E-state index contributed by atoms with van der Waals surface area (Å²) in [6, 6.07) is 14.7. The van der Waals surface area contributed by atoms with E-state index in [1.807, 2.05) is 44.3 Å². The van der Waals surface area contributed by atoms with Gasteiger partial charge in [-0.25, -0.2) is 14.4 Å². The van der Waals surface area contributed by atoms with Crippen LogP contribution in [0.1, 0.15) is 18.3 Å². The third-order valence-corrected chi connectivity index (χ3v) is 4.00. The third kappa shape index (κ3) is 3.96. The SMILES string of the molecule is CCNC(=NCc1ccccc1F)NCc1nc2ccccc2n1C. The summed E-state index contributed by atoms with van der Waals surface area (Å²) < 4.78 is 15.8. The van der Waals surface area contributed by atoms with Crippen molar-refractivity contribution in [2.45, 2.75) is 20.0 Å². The van der Waals surface area contributed by atoms with Crippen molar-refractivity contribution < 1.29 is 4.39 Å². The highest BCUT2D eigenvalue weighted by atomic mass is 19.1. The third-order valence-electron chi connectivity index (χ3n) is 4.00. The molecule has 1 aromatic heterocycles. The lowest BCUT2D eigenvalue weighted by Crippen LogP contribution is -2.37. The average molecular weight is 339 g/mol. The molecule has 0 aliphatic carbocycles. The predicted molar refractivity (Wildman–Crippen MR) is 98.8 cm³/mol. The van der Waals surface area contributed by atoms with Crippen LogP contribution in [0.3, 0.4) is 0 Å². The van der Waals surface area contributed by atoms with Gasteiger partial charge in [0, 0.05) is 19.2 Å². The maximum Gasteiger partial charge on any atom is 0.191 e. The normalized spacial score (nSPS) is 11.7. The summed E-state index contributed by atoms with van der Waals surface area (Å²) in [4.78, 5) is 9.10. The minimum Gasteiger partial charge on any atom is -0.357 e. The number of imidazole rings is 1. The molecule has 2 N–H and O–H groups in total. The number of fused-ring (bicyclic) bond motifs is 1. The highest BCUT2D eigenvalue weighted by molar-refractivity contribution is 5.80. The quantitative estimate of drug-likeness (QED) is 0.555. The van der Waals surface area contributed by atoms with Crippen molar-refractivity contribution in [3.05, 3.63) is 65.7 Å². The van der Waals surface area contributed by atoms with Crippen LogP contribution in [0, 0.1) is 5.82 Å². The van der Waals surface area contributed by atoms with Gasteiger partial charge in [0.05, 0.1) is 24.1 Å². The van der Waals surface area contributed by atoms with Crippen molar-refractivity contribution in [3.8, 4) is 0 Å². The molecule has 5 nitrogen and oxygen atoms in total. The molecule has 0 bridgehead atoms. The Bertz CT molecular complexity index is 884. The second-order valence-electron chi connectivity index (χ2n) is 5.72. The summed E-state index contributed by atoms with van der Waals surface area (Å²) in [6.07, 6.45) is 0. The second-order valence-corrected chi connectivity index (χ2v) is 5.72. The van der Waals surface area contributed by atoms with Crippen LogP contribution < -0.4 is 10.6 Å². The van der Waals surface area contributed by atoms with Crippen LogP contribution in [-0.4, -0.2) is 22.1 Å². The van der Waals surface area contributed by atoms with Crippen LogP contribution in [0.25, 0.3) is 11.0 Å². The Labute approximate surface area is 146 Å². The fourth-order valence-corrected chi connectivity index (χ4v) is 2.65. The van der Waals surface area contributed by atoms with Crippen LogP contribution in [-0.2, 0) is 20.1 Å². The summed E-state index contributed by atoms with van der Waals surface area (Å²) in [5.74, 6) is 1.31. The number of halogens is 1. The van der Waals surface area contributed by atoms with E-state index in [1.54, 1.807) is 12.1 Å². The molecule has 25 heavy (non-hydrogen) atoms. The van der Waals surface area contributed by atoms with E-state index in [4.69, 9.17) is 0 Å². The van der Waals surface area contributed by atoms with E-state index in [1.165, 1.54) is 6.07 Å². The molecule has 3 rings (SSSR count). The van der Waals surface area contributed by atoms with Crippen LogP contribution >= 0.6 is 0 Å². The lowest BCUT2D eigenvalue weighted by Gasteiger charge is -2.11. The number of hydrogen-bond acceptors (Lipinski definition) is 2. The smallest absolute Gasteiger partial charge is 0.191 e. The Morgan fingerprint density at radius 3 is 2.64 bits per heavy atom. The number of aliphatic imine (C=N–C) groups is 1. The number of rotatable bonds is 5. The number of para-hydroxylation sites is 2. The highest BCUT2D eigenvalue weighted by Crippen LogP contribution is 2.14. The number of hydrogen-bond donors (Lipinski definition) is 2. The molecule has 0 atom stereocenters. The van der Waals surface area contributed by atoms with Gasteiger partial charge in [0.2, 0.25) is 0 Å². The minimum absolute atomic E-state index is 0.238. The molecule has 0 saturated heterocycles. The first-order valence-electron chi connectivity index (χ1n) is 8.35. The van der Waals surface area contributed by atoms with Crippen molar-refractivity contribution in [2.24, 2.45) is 12.0 Å². The van der Waals surface area contributed by atoms with Crippen LogP contribution in [0.5, 0.6) is 0 Å². The van der Waals surface area contributed by atoms with Gasteiger partial charge in [-0.1, -0.05) is 30.3 Å². The minimum atomic E-state index is -0.238. The fourth-order valence-electron chi connectivity index (χ4n) is 2.65. The molecule has 0 saturated carbocycles. The molecular formula is C19H22FN5. The zero-order valence-electron chi connectivity index (χ0n) is 14.5. The zero-order valence-corrected chi connectivity index (χ0v) is 14.5. The van der Waals surface area contributed by atoms with Crippen molar-refractivity contribution in [1.29, 1.82) is 0 Å². The van der Waals surface area contributed by atoms with Crippen molar-refractivity contribution >= 4 is 17.0 Å². The number of nitrogens with zero attached hydrogens (tertiary/aromatic N) is 3. The maximum absolute atomic E-state index is 13.7. The van der Waals surface area contributed by atoms with E-state index in [2.05, 4.69) is 25.2 Å². The molecule has 0 unspecified atom stereocenters. The maximum atomic E-state index is 13.7. The van der Waals surface area contributed by atoms with E-state index < -0.39 is 0 Å². The molecule has 0 fully saturated rings. The van der Waals surface area contributed by atoms with Gasteiger partial charge in [-0.2, -0.15) is 0 Å². The zero-order chi connectivity index (χ0) is 17.6. The molecule has 130 valence electrons. The first-order chi connectivity index (χ1) is 12.2. The van der Waals surface area contributed by atoms with Gasteiger partial charge in [0.25, 0.3) is 0 Å². The summed E-state index contributed by atoms with van der Waals surface area (Å²) in [5, 5.41) is 6.44. The molecule has 1 heterocycles. The Kier molecular flexibility index (Phi) is 5.28. The number of guanidine groups is 1. The molecule has 3 aromatic rings. The molecule has 2 aromatic carbocycles. The van der Waals surface area contributed by atoms with Gasteiger partial charge in [-0.15, -0.1) is 0 Å². The van der Waals surface area contributed by atoms with Gasteiger partial charge in [0.15, 0.2) is 5.96 Å². The van der Waals surface area contributed by atoms with Gasteiger partial charge in [0.1, 0.15) is 11.6 Å². The van der Waals surface area contributed by atoms with Gasteiger partial charge in [-0.3, -0.25) is 0 Å². The van der Waals surface area contributed by atoms with E-state index in [-0.39, 0.29) is 12.4 Å². The van der Waals surface area contributed by atoms with E-state index in [0.29, 0.717) is 18.1 Å². The number of benzene rings is 2. The van der Waals surface area contributed by atoms with Crippen LogP contribution in [0.15, 0.2) is 53.5 Å². The molecular weight excluding hydrogens is 317 g/mol. The number of aromatic nitrogens is 2. The van der Waals surface area contributed by atoms with Gasteiger partial charge in [-0.05, 0) is 25.1 Å². The Morgan fingerprint density at radius 2 is 1.88 bits per heavy atom. The van der Waals surface area contributed by atoms with Crippen molar-refractivity contribution in [2.75, 3.05) is 6.54 Å². The fraction of sp³-hybridized carbons (Fsp3) is 0.263. The number of nitrogens with one attached hydrogen (secondary N) is 2. The summed E-state index contributed by atoms with van der Waals surface area (Å²) in [5.41, 5.74) is 2.63. The van der Waals surface area contributed by atoms with Crippen LogP contribution in [0.4, 0.5) is 4.39 Å². The number of aryl methyl sites for hydroxylation is 1. The Balaban J connectivity index is 1.72. The van der Waals surface area contributed by atoms with E-state index in [0.717, 1.165) is 23.4 Å². The monoisotopic (exact) mass is 339 g/mol. The summed E-state index contributed by atoms with van der Waals surface area (Å²) >= 11 is 0. The average Bonchev–Trinajstić information content (AvgIpc) is 2.95. The van der Waals surface area contributed by atoms with Gasteiger partial charge < -0.3 is 15.2 Å². The van der Waals surface area contributed by atoms with Crippen LogP contribution in [0.2, 0.25) is 0 Å². The summed E-state index contributed by atoms with van der Waals surface area (Å²) in [7, 11) is 2.00. The Hall–Kier alpha value is -2.89. The first kappa shape index (κ1) is 17.0. The first-order valence-corrected chi connectivity index (χ1v) is 8.35.